The molecule has 5 heteroatoms. The minimum atomic E-state index is -0.759. The number of ether oxygens (including phenoxy) is 1. The molecule has 0 bridgehead atoms. The van der Waals surface area contributed by atoms with Crippen LogP contribution in [-0.2, 0) is 4.79 Å². The van der Waals surface area contributed by atoms with Crippen molar-refractivity contribution in [2.75, 3.05) is 14.2 Å². The van der Waals surface area contributed by atoms with Crippen molar-refractivity contribution in [1.29, 1.82) is 0 Å². The van der Waals surface area contributed by atoms with Crippen LogP contribution in [0.4, 0.5) is 0 Å². The maximum Gasteiger partial charge on any atom is 0.252 e. The zero-order chi connectivity index (χ0) is 20.8. The van der Waals surface area contributed by atoms with Crippen LogP contribution < -0.4 is 15.4 Å². The van der Waals surface area contributed by atoms with E-state index in [1.165, 1.54) is 0 Å². The van der Waals surface area contributed by atoms with Gasteiger partial charge >= 0.3 is 0 Å². The number of methoxy groups -OCH3 is 1. The second-order valence-corrected chi connectivity index (χ2v) is 7.43. The van der Waals surface area contributed by atoms with E-state index >= 15 is 0 Å². The highest BCUT2D eigenvalue weighted by atomic mass is 16.5. The minimum absolute atomic E-state index is 0.198. The molecule has 0 aliphatic heterocycles. The van der Waals surface area contributed by atoms with Gasteiger partial charge in [-0.05, 0) is 40.7 Å². The number of rotatable bonds is 7. The van der Waals surface area contributed by atoms with Gasteiger partial charge in [-0.1, -0.05) is 58.0 Å². The lowest BCUT2D eigenvalue weighted by Gasteiger charge is -2.22. The van der Waals surface area contributed by atoms with Crippen molar-refractivity contribution in [2.45, 2.75) is 45.6 Å². The number of hydrogen-bond acceptors (Lipinski definition) is 3. The van der Waals surface area contributed by atoms with Gasteiger partial charge in [0.1, 0.15) is 11.8 Å². The van der Waals surface area contributed by atoms with Crippen molar-refractivity contribution in [1.82, 2.24) is 10.6 Å². The van der Waals surface area contributed by atoms with E-state index in [0.717, 1.165) is 22.4 Å². The Bertz CT molecular complexity index is 800. The third-order valence-corrected chi connectivity index (χ3v) is 4.77. The predicted octanol–water partition coefficient (Wildman–Crippen LogP) is 4.16. The van der Waals surface area contributed by atoms with E-state index in [1.807, 2.05) is 42.5 Å². The monoisotopic (exact) mass is 382 g/mol. The smallest absolute Gasteiger partial charge is 0.252 e. The molecule has 0 aromatic heterocycles. The van der Waals surface area contributed by atoms with Crippen LogP contribution in [0.15, 0.2) is 42.5 Å². The molecule has 0 aliphatic carbocycles. The van der Waals surface area contributed by atoms with Gasteiger partial charge < -0.3 is 15.4 Å². The molecule has 28 heavy (non-hydrogen) atoms. The minimum Gasteiger partial charge on any atom is -0.496 e. The first-order valence-corrected chi connectivity index (χ1v) is 9.59. The molecule has 2 N–H and O–H groups in total. The second kappa shape index (κ2) is 9.40. The normalized spacial score (nSPS) is 12.0. The summed E-state index contributed by atoms with van der Waals surface area (Å²) in [6.07, 6.45) is 0. The molecular formula is C23H30N2O3. The van der Waals surface area contributed by atoms with E-state index in [2.05, 4.69) is 38.3 Å². The lowest BCUT2D eigenvalue weighted by atomic mass is 9.91. The van der Waals surface area contributed by atoms with E-state index in [-0.39, 0.29) is 23.7 Å². The van der Waals surface area contributed by atoms with Crippen LogP contribution in [0.25, 0.3) is 0 Å². The Kier molecular flexibility index (Phi) is 7.21. The average molecular weight is 383 g/mol. The van der Waals surface area contributed by atoms with Gasteiger partial charge in [-0.25, -0.2) is 0 Å². The van der Waals surface area contributed by atoms with Crippen LogP contribution in [0.3, 0.4) is 0 Å². The first kappa shape index (κ1) is 21.5. The summed E-state index contributed by atoms with van der Waals surface area (Å²) in [6.45, 7) is 8.28. The van der Waals surface area contributed by atoms with Gasteiger partial charge in [0.2, 0.25) is 5.91 Å². The lowest BCUT2D eigenvalue weighted by Crippen LogP contribution is -2.39. The summed E-state index contributed by atoms with van der Waals surface area (Å²) in [4.78, 5) is 25.5. The molecule has 2 aromatic rings. The number of nitrogens with one attached hydrogen (secondary N) is 2. The molecule has 0 fully saturated rings. The van der Waals surface area contributed by atoms with E-state index in [1.54, 1.807) is 14.2 Å². The predicted molar refractivity (Wildman–Crippen MR) is 112 cm³/mol. The SMILES string of the molecule is CNC(=O)C(NC(=O)c1cc(C(C)C)c(OC)c(C(C)C)c1)c1ccccc1. The van der Waals surface area contributed by atoms with Gasteiger partial charge in [0.25, 0.3) is 5.91 Å². The van der Waals surface area contributed by atoms with Gasteiger partial charge in [-0.2, -0.15) is 0 Å². The Hall–Kier alpha value is -2.82. The van der Waals surface area contributed by atoms with Crippen LogP contribution in [0.5, 0.6) is 5.75 Å². The molecule has 0 heterocycles. The Labute approximate surface area is 167 Å². The summed E-state index contributed by atoms with van der Waals surface area (Å²) in [6, 6.07) is 12.2. The molecule has 0 spiro atoms. The molecule has 1 unspecified atom stereocenters. The maximum atomic E-state index is 13.1. The van der Waals surface area contributed by atoms with Crippen LogP contribution in [0, 0.1) is 0 Å². The molecule has 0 aliphatic rings. The summed E-state index contributed by atoms with van der Waals surface area (Å²) in [5.41, 5.74) is 3.22. The largest absolute Gasteiger partial charge is 0.496 e. The molecule has 2 rings (SSSR count). The molecule has 1 atom stereocenters. The van der Waals surface area contributed by atoms with E-state index in [4.69, 9.17) is 4.74 Å². The molecule has 2 amide bonds. The zero-order valence-corrected chi connectivity index (χ0v) is 17.5. The van der Waals surface area contributed by atoms with Crippen molar-refractivity contribution < 1.29 is 14.3 Å². The highest BCUT2D eigenvalue weighted by Crippen LogP contribution is 2.35. The van der Waals surface area contributed by atoms with Crippen molar-refractivity contribution in [2.24, 2.45) is 0 Å². The van der Waals surface area contributed by atoms with Crippen molar-refractivity contribution in [3.05, 3.63) is 64.7 Å². The standard InChI is InChI=1S/C23H30N2O3/c1-14(2)18-12-17(13-19(15(3)4)21(18)28-6)22(26)25-20(23(27)24-5)16-10-8-7-9-11-16/h7-15,20H,1-6H3,(H,24,27)(H,25,26). The fourth-order valence-electron chi connectivity index (χ4n) is 3.20. The van der Waals surface area contributed by atoms with Crippen LogP contribution in [0.1, 0.15) is 72.6 Å². The van der Waals surface area contributed by atoms with Gasteiger partial charge in [0, 0.05) is 12.6 Å². The summed E-state index contributed by atoms with van der Waals surface area (Å²) < 4.78 is 5.64. The number of hydrogen-bond donors (Lipinski definition) is 2. The summed E-state index contributed by atoms with van der Waals surface area (Å²) in [5.74, 6) is 0.672. The Morgan fingerprint density at radius 2 is 1.46 bits per heavy atom. The van der Waals surface area contributed by atoms with Crippen LogP contribution in [-0.4, -0.2) is 26.0 Å². The first-order chi connectivity index (χ1) is 13.3. The van der Waals surface area contributed by atoms with E-state index in [0.29, 0.717) is 5.56 Å². The van der Waals surface area contributed by atoms with E-state index in [9.17, 15) is 9.59 Å². The molecule has 2 aromatic carbocycles. The summed E-state index contributed by atoms with van der Waals surface area (Å²) in [7, 11) is 3.22. The van der Waals surface area contributed by atoms with Crippen LogP contribution in [0.2, 0.25) is 0 Å². The quantitative estimate of drug-likeness (QED) is 0.756. The summed E-state index contributed by atoms with van der Waals surface area (Å²) >= 11 is 0. The number of carbonyl (C=O) groups excluding carboxylic acids is 2. The van der Waals surface area contributed by atoms with Crippen molar-refractivity contribution >= 4 is 11.8 Å². The number of amides is 2. The number of likely N-dealkylation sites (N-methyl/N-ethyl adjacent to an activating group) is 1. The van der Waals surface area contributed by atoms with Gasteiger partial charge in [-0.3, -0.25) is 9.59 Å². The Balaban J connectivity index is 2.45. The Morgan fingerprint density at radius 3 is 1.89 bits per heavy atom. The summed E-state index contributed by atoms with van der Waals surface area (Å²) in [5, 5.41) is 5.50. The highest BCUT2D eigenvalue weighted by Gasteiger charge is 2.24. The Morgan fingerprint density at radius 1 is 0.929 bits per heavy atom. The molecular weight excluding hydrogens is 352 g/mol. The van der Waals surface area contributed by atoms with Gasteiger partial charge in [0.15, 0.2) is 0 Å². The maximum absolute atomic E-state index is 13.1. The van der Waals surface area contributed by atoms with Gasteiger partial charge in [-0.15, -0.1) is 0 Å². The van der Waals surface area contributed by atoms with Crippen molar-refractivity contribution in [3.8, 4) is 5.75 Å². The average Bonchev–Trinajstić information content (AvgIpc) is 2.70. The number of benzene rings is 2. The molecule has 0 saturated heterocycles. The van der Waals surface area contributed by atoms with Crippen LogP contribution >= 0.6 is 0 Å². The molecule has 0 saturated carbocycles. The first-order valence-electron chi connectivity index (χ1n) is 9.59. The third kappa shape index (κ3) is 4.71. The topological polar surface area (TPSA) is 67.4 Å². The molecule has 150 valence electrons. The fourth-order valence-corrected chi connectivity index (χ4v) is 3.20. The number of carbonyl (C=O) groups is 2. The molecule has 5 nitrogen and oxygen atoms in total. The van der Waals surface area contributed by atoms with Crippen molar-refractivity contribution in [3.63, 3.8) is 0 Å². The molecule has 0 radical (unpaired) electrons. The third-order valence-electron chi connectivity index (χ3n) is 4.77. The zero-order valence-electron chi connectivity index (χ0n) is 17.5. The van der Waals surface area contributed by atoms with E-state index < -0.39 is 6.04 Å². The fraction of sp³-hybridized carbons (Fsp3) is 0.391. The highest BCUT2D eigenvalue weighted by molar-refractivity contribution is 5.98. The second-order valence-electron chi connectivity index (χ2n) is 7.43. The lowest BCUT2D eigenvalue weighted by molar-refractivity contribution is -0.122. The van der Waals surface area contributed by atoms with Gasteiger partial charge in [0.05, 0.1) is 7.11 Å².